The van der Waals surface area contributed by atoms with Crippen LogP contribution >= 0.6 is 22.6 Å². The van der Waals surface area contributed by atoms with Gasteiger partial charge < -0.3 is 0 Å². The smallest absolute Gasteiger partial charge is 0.111 e. The molecule has 13 heavy (non-hydrogen) atoms. The molecule has 0 aromatic rings. The Morgan fingerprint density at radius 2 is 2.00 bits per heavy atom. The van der Waals surface area contributed by atoms with Crippen LogP contribution < -0.4 is 0 Å². The molecule has 0 aromatic heterocycles. The van der Waals surface area contributed by atoms with Crippen molar-refractivity contribution in [2.45, 2.75) is 57.5 Å². The van der Waals surface area contributed by atoms with Crippen LogP contribution in [0.3, 0.4) is 0 Å². The number of hydrogen-bond donors (Lipinski definition) is 0. The van der Waals surface area contributed by atoms with E-state index in [2.05, 4.69) is 29.5 Å². The fraction of sp³-hybridized carbons (Fsp3) is 1.00. The lowest BCUT2D eigenvalue weighted by molar-refractivity contribution is 0.0771. The molecule has 0 atom stereocenters. The molecule has 0 unspecified atom stereocenters. The lowest BCUT2D eigenvalue weighted by atomic mass is 9.78. The van der Waals surface area contributed by atoms with Crippen LogP contribution in [0.2, 0.25) is 0 Å². The minimum Gasteiger partial charge on any atom is -0.244 e. The predicted molar refractivity (Wildman–Crippen MR) is 64.2 cm³/mol. The zero-order valence-electron chi connectivity index (χ0n) is 8.49. The van der Waals surface area contributed by atoms with Crippen LogP contribution in [-0.2, 0) is 0 Å². The van der Waals surface area contributed by atoms with Crippen molar-refractivity contribution < 1.29 is 4.39 Å². The van der Waals surface area contributed by atoms with Gasteiger partial charge in [0.1, 0.15) is 5.67 Å². The highest BCUT2D eigenvalue weighted by molar-refractivity contribution is 14.1. The van der Waals surface area contributed by atoms with Gasteiger partial charge >= 0.3 is 0 Å². The molecule has 0 heterocycles. The molecule has 0 amide bonds. The molecule has 1 fully saturated rings. The number of alkyl halides is 2. The minimum absolute atomic E-state index is 0.793. The number of rotatable bonds is 4. The van der Waals surface area contributed by atoms with E-state index in [1.807, 2.05) is 0 Å². The van der Waals surface area contributed by atoms with E-state index in [1.54, 1.807) is 0 Å². The molecule has 0 bridgehead atoms. The number of unbranched alkanes of at least 4 members (excludes halogenated alkanes) is 1. The highest BCUT2D eigenvalue weighted by atomic mass is 127. The van der Waals surface area contributed by atoms with Crippen LogP contribution in [0, 0.1) is 5.92 Å². The van der Waals surface area contributed by atoms with Gasteiger partial charge in [0.25, 0.3) is 0 Å². The lowest BCUT2D eigenvalue weighted by Gasteiger charge is -2.33. The summed E-state index contributed by atoms with van der Waals surface area (Å²) >= 11 is 2.42. The van der Waals surface area contributed by atoms with Crippen LogP contribution in [0.5, 0.6) is 0 Å². The van der Waals surface area contributed by atoms with E-state index in [4.69, 9.17) is 0 Å². The van der Waals surface area contributed by atoms with Gasteiger partial charge in [0.15, 0.2) is 0 Å². The van der Waals surface area contributed by atoms with Crippen molar-refractivity contribution in [1.82, 2.24) is 0 Å². The summed E-state index contributed by atoms with van der Waals surface area (Å²) in [6, 6.07) is 0. The van der Waals surface area contributed by atoms with Gasteiger partial charge in [0.05, 0.1) is 0 Å². The Bertz CT molecular complexity index is 139. The average Bonchev–Trinajstić information content (AvgIpc) is 2.16. The third kappa shape index (κ3) is 3.72. The molecule has 0 aromatic carbocycles. The van der Waals surface area contributed by atoms with Crippen molar-refractivity contribution in [3.63, 3.8) is 0 Å². The molecule has 1 rings (SSSR count). The monoisotopic (exact) mass is 298 g/mol. The second kappa shape index (κ2) is 5.52. The lowest BCUT2D eigenvalue weighted by Crippen LogP contribution is -2.29. The molecule has 0 nitrogen and oxygen atoms in total. The first-order valence-corrected chi connectivity index (χ1v) is 6.97. The maximum Gasteiger partial charge on any atom is 0.111 e. The first kappa shape index (κ1) is 11.7. The summed E-state index contributed by atoms with van der Waals surface area (Å²) < 4.78 is 15.3. The third-order valence-electron chi connectivity index (χ3n) is 3.20. The molecule has 1 aliphatic carbocycles. The molecule has 78 valence electrons. The summed E-state index contributed by atoms with van der Waals surface area (Å²) in [5.41, 5.74) is -0.793. The molecule has 2 heteroatoms. The Hall–Kier alpha value is 0.660. The van der Waals surface area contributed by atoms with Gasteiger partial charge in [-0.3, -0.25) is 0 Å². The average molecular weight is 298 g/mol. The van der Waals surface area contributed by atoms with Crippen LogP contribution in [0.15, 0.2) is 0 Å². The van der Waals surface area contributed by atoms with Crippen LogP contribution in [0.1, 0.15) is 51.9 Å². The summed E-state index contributed by atoms with van der Waals surface area (Å²) in [7, 11) is 0. The minimum atomic E-state index is -0.793. The molecule has 1 aliphatic rings. The Kier molecular flexibility index (Phi) is 4.98. The van der Waals surface area contributed by atoms with Crippen molar-refractivity contribution in [2.24, 2.45) is 5.92 Å². The molecule has 0 saturated heterocycles. The van der Waals surface area contributed by atoms with E-state index >= 15 is 0 Å². The van der Waals surface area contributed by atoms with Gasteiger partial charge in [-0.25, -0.2) is 4.39 Å². The fourth-order valence-electron chi connectivity index (χ4n) is 2.09. The predicted octanol–water partition coefficient (Wildman–Crippen LogP) is 4.51. The molecule has 0 N–H and O–H groups in total. The Morgan fingerprint density at radius 3 is 2.46 bits per heavy atom. The second-order valence-electron chi connectivity index (χ2n) is 4.35. The highest BCUT2D eigenvalue weighted by Gasteiger charge is 2.33. The van der Waals surface area contributed by atoms with E-state index in [9.17, 15) is 4.39 Å². The summed E-state index contributed by atoms with van der Waals surface area (Å²) in [6.45, 7) is 2.14. The van der Waals surface area contributed by atoms with Gasteiger partial charge in [-0.2, -0.15) is 0 Å². The molecule has 0 spiro atoms. The Morgan fingerprint density at radius 1 is 1.38 bits per heavy atom. The quantitative estimate of drug-likeness (QED) is 0.529. The maximum absolute atomic E-state index is 14.1. The van der Waals surface area contributed by atoms with E-state index < -0.39 is 5.67 Å². The van der Waals surface area contributed by atoms with Crippen molar-refractivity contribution in [3.05, 3.63) is 0 Å². The van der Waals surface area contributed by atoms with Gasteiger partial charge in [-0.1, -0.05) is 42.4 Å². The van der Waals surface area contributed by atoms with E-state index in [0.717, 1.165) is 50.9 Å². The molecular weight excluding hydrogens is 278 g/mol. The van der Waals surface area contributed by atoms with E-state index in [0.29, 0.717) is 0 Å². The van der Waals surface area contributed by atoms with E-state index in [-0.39, 0.29) is 0 Å². The molecule has 0 radical (unpaired) electrons. The van der Waals surface area contributed by atoms with Gasteiger partial charge in [-0.15, -0.1) is 0 Å². The summed E-state index contributed by atoms with van der Waals surface area (Å²) in [5.74, 6) is 0.797. The van der Waals surface area contributed by atoms with Crippen LogP contribution in [0.4, 0.5) is 4.39 Å². The van der Waals surface area contributed by atoms with Gasteiger partial charge in [-0.05, 0) is 38.0 Å². The summed E-state index contributed by atoms with van der Waals surface area (Å²) in [5, 5.41) is 0. The van der Waals surface area contributed by atoms with Crippen LogP contribution in [0.25, 0.3) is 0 Å². The second-order valence-corrected chi connectivity index (χ2v) is 5.23. The first-order chi connectivity index (χ1) is 6.20. The zero-order valence-corrected chi connectivity index (χ0v) is 10.6. The zero-order chi connectivity index (χ0) is 9.73. The van der Waals surface area contributed by atoms with Crippen molar-refractivity contribution >= 4 is 22.6 Å². The molecule has 1 saturated carbocycles. The molecular formula is C11H20FI. The number of halogens is 2. The van der Waals surface area contributed by atoms with Gasteiger partial charge in [0, 0.05) is 4.43 Å². The maximum atomic E-state index is 14.1. The standard InChI is InChI=1S/C11H20FI/c1-2-3-6-11(12)7-4-10(9-13)5-8-11/h10H,2-9H2,1H3. The third-order valence-corrected chi connectivity index (χ3v) is 4.44. The summed E-state index contributed by atoms with van der Waals surface area (Å²) in [4.78, 5) is 0. The fourth-order valence-corrected chi connectivity index (χ4v) is 2.97. The highest BCUT2D eigenvalue weighted by Crippen LogP contribution is 2.39. The van der Waals surface area contributed by atoms with Gasteiger partial charge in [0.2, 0.25) is 0 Å². The first-order valence-electron chi connectivity index (χ1n) is 5.45. The van der Waals surface area contributed by atoms with Crippen LogP contribution in [-0.4, -0.2) is 10.1 Å². The Labute approximate surface area is 94.8 Å². The largest absolute Gasteiger partial charge is 0.244 e. The van der Waals surface area contributed by atoms with Crippen molar-refractivity contribution in [3.8, 4) is 0 Å². The SMILES string of the molecule is CCCCC1(F)CCC(CI)CC1. The normalized spacial score (nSPS) is 34.8. The Balaban J connectivity index is 2.28. The summed E-state index contributed by atoms with van der Waals surface area (Å²) in [6.07, 6.45) is 6.86. The molecule has 0 aliphatic heterocycles. The van der Waals surface area contributed by atoms with E-state index in [1.165, 1.54) is 4.43 Å². The number of hydrogen-bond acceptors (Lipinski definition) is 0. The van der Waals surface area contributed by atoms with Crippen molar-refractivity contribution in [2.75, 3.05) is 4.43 Å². The topological polar surface area (TPSA) is 0 Å². The van der Waals surface area contributed by atoms with Crippen molar-refractivity contribution in [1.29, 1.82) is 0 Å².